The molecule has 0 unspecified atom stereocenters. The third-order valence-corrected chi connectivity index (χ3v) is 2.55. The Morgan fingerprint density at radius 1 is 1.46 bits per heavy atom. The van der Waals surface area contributed by atoms with Crippen LogP contribution in [0.25, 0.3) is 0 Å². The van der Waals surface area contributed by atoms with Gasteiger partial charge in [-0.2, -0.15) is 0 Å². The molecule has 1 rings (SSSR count). The molecule has 1 aliphatic heterocycles. The van der Waals surface area contributed by atoms with E-state index in [9.17, 15) is 4.79 Å². The van der Waals surface area contributed by atoms with Gasteiger partial charge in [0.25, 0.3) is 0 Å². The Morgan fingerprint density at radius 3 is 2.77 bits per heavy atom. The first-order valence-corrected chi connectivity index (χ1v) is 5.16. The maximum absolute atomic E-state index is 10.6. The zero-order chi connectivity index (χ0) is 9.52. The van der Waals surface area contributed by atoms with Crippen molar-refractivity contribution >= 4 is 5.91 Å². The highest BCUT2D eigenvalue weighted by Crippen LogP contribution is 2.17. The minimum atomic E-state index is 0.0821. The van der Waals surface area contributed by atoms with Gasteiger partial charge >= 0.3 is 0 Å². The zero-order valence-electron chi connectivity index (χ0n) is 8.38. The normalized spacial score (nSPS) is 18.5. The molecule has 13 heavy (non-hydrogen) atoms. The lowest BCUT2D eigenvalue weighted by Gasteiger charge is -2.21. The fraction of sp³-hybridized carbons (Fsp3) is 0.900. The molecule has 1 radical (unpaired) electrons. The second-order valence-corrected chi connectivity index (χ2v) is 3.74. The first-order chi connectivity index (χ1) is 6.29. The standard InChI is InChI=1S/C10H19N2O/c1-9(13)12-6-2-3-10-4-7-11-8-5-10/h10H,2-8H2,1H3,(H,12,13). The van der Waals surface area contributed by atoms with Gasteiger partial charge in [0.1, 0.15) is 0 Å². The van der Waals surface area contributed by atoms with E-state index in [4.69, 9.17) is 0 Å². The summed E-state index contributed by atoms with van der Waals surface area (Å²) in [5, 5.41) is 7.14. The van der Waals surface area contributed by atoms with Gasteiger partial charge in [0.2, 0.25) is 5.91 Å². The minimum Gasteiger partial charge on any atom is -0.356 e. The number of nitrogens with zero attached hydrogens (tertiary/aromatic N) is 1. The Hall–Kier alpha value is -0.570. The molecular weight excluding hydrogens is 164 g/mol. The van der Waals surface area contributed by atoms with E-state index >= 15 is 0 Å². The number of rotatable bonds is 4. The Bertz CT molecular complexity index is 153. The van der Waals surface area contributed by atoms with Gasteiger partial charge in [-0.25, -0.2) is 5.32 Å². The first-order valence-electron chi connectivity index (χ1n) is 5.16. The fourth-order valence-corrected chi connectivity index (χ4v) is 1.75. The molecule has 1 aliphatic rings. The maximum atomic E-state index is 10.6. The lowest BCUT2D eigenvalue weighted by molar-refractivity contribution is -0.118. The van der Waals surface area contributed by atoms with Crippen LogP contribution in [-0.4, -0.2) is 25.5 Å². The quantitative estimate of drug-likeness (QED) is 0.647. The van der Waals surface area contributed by atoms with Crippen molar-refractivity contribution in [1.29, 1.82) is 0 Å². The van der Waals surface area contributed by atoms with E-state index in [2.05, 4.69) is 10.6 Å². The van der Waals surface area contributed by atoms with Crippen molar-refractivity contribution in [1.82, 2.24) is 10.6 Å². The molecule has 0 spiro atoms. The number of amides is 1. The molecule has 0 saturated carbocycles. The smallest absolute Gasteiger partial charge is 0.216 e. The van der Waals surface area contributed by atoms with Crippen LogP contribution in [-0.2, 0) is 4.79 Å². The third-order valence-electron chi connectivity index (χ3n) is 2.55. The van der Waals surface area contributed by atoms with Gasteiger partial charge in [0.05, 0.1) is 0 Å². The average Bonchev–Trinajstić information content (AvgIpc) is 2.14. The van der Waals surface area contributed by atoms with Gasteiger partial charge in [-0.3, -0.25) is 4.79 Å². The van der Waals surface area contributed by atoms with E-state index in [1.54, 1.807) is 6.92 Å². The van der Waals surface area contributed by atoms with Crippen molar-refractivity contribution < 1.29 is 4.79 Å². The predicted octanol–water partition coefficient (Wildman–Crippen LogP) is 0.917. The predicted molar refractivity (Wildman–Crippen MR) is 52.5 cm³/mol. The Kier molecular flexibility index (Phi) is 4.83. The molecule has 0 aromatic rings. The summed E-state index contributed by atoms with van der Waals surface area (Å²) in [4.78, 5) is 10.6. The molecule has 0 aromatic heterocycles. The maximum Gasteiger partial charge on any atom is 0.216 e. The molecule has 1 heterocycles. The Morgan fingerprint density at radius 2 is 2.15 bits per heavy atom. The summed E-state index contributed by atoms with van der Waals surface area (Å²) in [7, 11) is 0. The largest absolute Gasteiger partial charge is 0.356 e. The summed E-state index contributed by atoms with van der Waals surface area (Å²) < 4.78 is 0. The van der Waals surface area contributed by atoms with E-state index < -0.39 is 0 Å². The highest BCUT2D eigenvalue weighted by Gasteiger charge is 2.12. The van der Waals surface area contributed by atoms with E-state index in [-0.39, 0.29) is 5.91 Å². The van der Waals surface area contributed by atoms with Crippen LogP contribution in [0.1, 0.15) is 32.6 Å². The van der Waals surface area contributed by atoms with Crippen LogP contribution in [0.2, 0.25) is 0 Å². The van der Waals surface area contributed by atoms with Crippen molar-refractivity contribution in [2.24, 2.45) is 5.92 Å². The Balaban J connectivity index is 1.95. The van der Waals surface area contributed by atoms with Crippen molar-refractivity contribution in [3.05, 3.63) is 0 Å². The monoisotopic (exact) mass is 183 g/mol. The van der Waals surface area contributed by atoms with Gasteiger partial charge < -0.3 is 5.32 Å². The number of carbonyl (C=O) groups is 1. The van der Waals surface area contributed by atoms with E-state index in [0.717, 1.165) is 32.0 Å². The summed E-state index contributed by atoms with van der Waals surface area (Å²) in [6, 6.07) is 0. The summed E-state index contributed by atoms with van der Waals surface area (Å²) in [6.45, 7) is 4.50. The average molecular weight is 183 g/mol. The molecule has 1 amide bonds. The number of piperidine rings is 1. The molecule has 1 fully saturated rings. The van der Waals surface area contributed by atoms with Crippen LogP contribution in [0.15, 0.2) is 0 Å². The van der Waals surface area contributed by atoms with Crippen LogP contribution in [0.3, 0.4) is 0 Å². The molecule has 0 bridgehead atoms. The van der Waals surface area contributed by atoms with Gasteiger partial charge in [-0.15, -0.1) is 0 Å². The fourth-order valence-electron chi connectivity index (χ4n) is 1.75. The lowest BCUT2D eigenvalue weighted by Crippen LogP contribution is -2.24. The molecule has 0 atom stereocenters. The second kappa shape index (κ2) is 5.97. The summed E-state index contributed by atoms with van der Waals surface area (Å²) in [5.41, 5.74) is 0. The number of nitrogens with one attached hydrogen (secondary N) is 1. The number of hydrogen-bond acceptors (Lipinski definition) is 1. The van der Waals surface area contributed by atoms with Crippen molar-refractivity contribution in [3.8, 4) is 0 Å². The summed E-state index contributed by atoms with van der Waals surface area (Å²) in [5.74, 6) is 0.935. The molecule has 0 aromatic carbocycles. The van der Waals surface area contributed by atoms with Gasteiger partial charge in [0, 0.05) is 26.6 Å². The topological polar surface area (TPSA) is 43.2 Å². The minimum absolute atomic E-state index is 0.0821. The highest BCUT2D eigenvalue weighted by atomic mass is 16.1. The van der Waals surface area contributed by atoms with Crippen molar-refractivity contribution in [2.75, 3.05) is 19.6 Å². The van der Waals surface area contributed by atoms with Gasteiger partial charge in [0.15, 0.2) is 0 Å². The highest BCUT2D eigenvalue weighted by molar-refractivity contribution is 5.72. The number of carbonyl (C=O) groups excluding carboxylic acids is 1. The molecular formula is C10H19N2O. The van der Waals surface area contributed by atoms with Crippen LogP contribution in [0.4, 0.5) is 0 Å². The van der Waals surface area contributed by atoms with E-state index in [1.807, 2.05) is 0 Å². The zero-order valence-corrected chi connectivity index (χ0v) is 8.38. The second-order valence-electron chi connectivity index (χ2n) is 3.74. The van der Waals surface area contributed by atoms with Gasteiger partial charge in [-0.05, 0) is 31.6 Å². The van der Waals surface area contributed by atoms with Crippen LogP contribution in [0.5, 0.6) is 0 Å². The van der Waals surface area contributed by atoms with Crippen molar-refractivity contribution in [2.45, 2.75) is 32.6 Å². The summed E-state index contributed by atoms with van der Waals surface area (Å²) >= 11 is 0. The molecule has 75 valence electrons. The SMILES string of the molecule is CC(=O)NCCCC1CC[N]CC1. The van der Waals surface area contributed by atoms with E-state index in [0.29, 0.717) is 0 Å². The molecule has 1 N–H and O–H groups in total. The lowest BCUT2D eigenvalue weighted by atomic mass is 9.93. The van der Waals surface area contributed by atoms with Crippen LogP contribution < -0.4 is 10.6 Å². The first kappa shape index (κ1) is 10.5. The van der Waals surface area contributed by atoms with Crippen LogP contribution >= 0.6 is 0 Å². The third kappa shape index (κ3) is 4.88. The summed E-state index contributed by atoms with van der Waals surface area (Å²) in [6.07, 6.45) is 4.86. The molecule has 3 nitrogen and oxygen atoms in total. The molecule has 3 heteroatoms. The van der Waals surface area contributed by atoms with E-state index in [1.165, 1.54) is 19.3 Å². The van der Waals surface area contributed by atoms with Gasteiger partial charge in [-0.1, -0.05) is 0 Å². The van der Waals surface area contributed by atoms with Crippen molar-refractivity contribution in [3.63, 3.8) is 0 Å². The number of hydrogen-bond donors (Lipinski definition) is 1. The molecule has 0 aliphatic carbocycles. The Labute approximate surface area is 80.3 Å². The van der Waals surface area contributed by atoms with Crippen LogP contribution in [0, 0.1) is 5.92 Å². The molecule has 1 saturated heterocycles.